The first kappa shape index (κ1) is 9.93. The van der Waals surface area contributed by atoms with Gasteiger partial charge >= 0.3 is 0 Å². The molecular weight excluding hydrogens is 244 g/mol. The molecule has 1 aliphatic carbocycles. The zero-order valence-corrected chi connectivity index (χ0v) is 9.40. The van der Waals surface area contributed by atoms with Crippen molar-refractivity contribution in [3.63, 3.8) is 0 Å². The van der Waals surface area contributed by atoms with Crippen LogP contribution in [-0.2, 0) is 0 Å². The Morgan fingerprint density at radius 2 is 2.29 bits per heavy atom. The van der Waals surface area contributed by atoms with Crippen LogP contribution < -0.4 is 10.5 Å². The smallest absolute Gasteiger partial charge is 0.213 e. The van der Waals surface area contributed by atoms with E-state index in [0.717, 1.165) is 23.7 Å². The first-order chi connectivity index (χ1) is 6.75. The topological polar surface area (TPSA) is 48.1 Å². The molecule has 3 nitrogen and oxygen atoms in total. The molecule has 0 spiro atoms. The summed E-state index contributed by atoms with van der Waals surface area (Å²) in [5.41, 5.74) is 5.89. The van der Waals surface area contributed by atoms with E-state index in [4.69, 9.17) is 10.5 Å². The van der Waals surface area contributed by atoms with Gasteiger partial charge in [-0.25, -0.2) is 4.98 Å². The molecule has 1 aromatic heterocycles. The second kappa shape index (κ2) is 4.28. The molecule has 1 aliphatic rings. The van der Waals surface area contributed by atoms with E-state index in [1.54, 1.807) is 6.20 Å². The van der Waals surface area contributed by atoms with Gasteiger partial charge in [0.05, 0.1) is 0 Å². The Labute approximate surface area is 91.8 Å². The lowest BCUT2D eigenvalue weighted by Gasteiger charge is -2.16. The fourth-order valence-corrected chi connectivity index (χ4v) is 1.92. The van der Waals surface area contributed by atoms with Crippen molar-refractivity contribution in [1.82, 2.24) is 4.98 Å². The summed E-state index contributed by atoms with van der Waals surface area (Å²) >= 11 is 3.33. The Kier molecular flexibility index (Phi) is 3.03. The third-order valence-corrected chi connectivity index (χ3v) is 2.95. The summed E-state index contributed by atoms with van der Waals surface area (Å²) in [6, 6.07) is 3.94. The van der Waals surface area contributed by atoms with E-state index in [9.17, 15) is 0 Å². The first-order valence-electron chi connectivity index (χ1n) is 4.79. The van der Waals surface area contributed by atoms with Crippen molar-refractivity contribution in [2.45, 2.75) is 31.4 Å². The molecule has 1 fully saturated rings. The number of pyridine rings is 1. The summed E-state index contributed by atoms with van der Waals surface area (Å²) < 4.78 is 6.64. The maximum atomic E-state index is 5.89. The van der Waals surface area contributed by atoms with Crippen LogP contribution in [0.2, 0.25) is 0 Å². The molecule has 0 bridgehead atoms. The Morgan fingerprint density at radius 3 is 2.86 bits per heavy atom. The lowest BCUT2D eigenvalue weighted by Crippen LogP contribution is -2.33. The van der Waals surface area contributed by atoms with Gasteiger partial charge in [-0.15, -0.1) is 0 Å². The summed E-state index contributed by atoms with van der Waals surface area (Å²) in [6.07, 6.45) is 5.13. The largest absolute Gasteiger partial charge is 0.473 e. The molecule has 4 heteroatoms. The predicted molar refractivity (Wildman–Crippen MR) is 58.2 cm³/mol. The van der Waals surface area contributed by atoms with Gasteiger partial charge in [-0.05, 0) is 41.3 Å². The Hall–Kier alpha value is -0.610. The van der Waals surface area contributed by atoms with Crippen LogP contribution in [0.15, 0.2) is 22.8 Å². The zero-order chi connectivity index (χ0) is 9.97. The van der Waals surface area contributed by atoms with Crippen LogP contribution in [0.25, 0.3) is 0 Å². The molecule has 0 radical (unpaired) electrons. The molecule has 76 valence electrons. The number of halogens is 1. The summed E-state index contributed by atoms with van der Waals surface area (Å²) in [7, 11) is 0. The Morgan fingerprint density at radius 1 is 1.43 bits per heavy atom. The normalized spacial score (nSPS) is 26.4. The quantitative estimate of drug-likeness (QED) is 0.882. The number of nitrogens with two attached hydrogens (primary N) is 1. The minimum absolute atomic E-state index is 0.142. The lowest BCUT2D eigenvalue weighted by molar-refractivity contribution is 0.184. The molecule has 0 aliphatic heterocycles. The van der Waals surface area contributed by atoms with Gasteiger partial charge in [-0.3, -0.25) is 0 Å². The summed E-state index contributed by atoms with van der Waals surface area (Å²) in [4.78, 5) is 4.15. The third kappa shape index (κ3) is 2.25. The van der Waals surface area contributed by atoms with Crippen LogP contribution in [0, 0.1) is 0 Å². The summed E-state index contributed by atoms with van der Waals surface area (Å²) in [5, 5.41) is 0. The molecule has 2 N–H and O–H groups in total. The average Bonchev–Trinajstić information content (AvgIpc) is 2.56. The van der Waals surface area contributed by atoms with Gasteiger partial charge in [0.15, 0.2) is 0 Å². The highest BCUT2D eigenvalue weighted by Gasteiger charge is 2.25. The molecule has 1 aromatic rings. The predicted octanol–water partition coefficient (Wildman–Crippen LogP) is 2.10. The molecule has 1 saturated carbocycles. The fourth-order valence-electron chi connectivity index (χ4n) is 1.69. The van der Waals surface area contributed by atoms with Gasteiger partial charge in [0.25, 0.3) is 0 Å². The highest BCUT2D eigenvalue weighted by Crippen LogP contribution is 2.22. The Balaban J connectivity index is 2.00. The molecule has 0 amide bonds. The summed E-state index contributed by atoms with van der Waals surface area (Å²) in [5.74, 6) is 0.663. The standard InChI is InChI=1S/C10H13BrN2O/c11-7-4-5-10(13-6-7)14-9-3-1-2-8(9)12/h4-6,8-9H,1-3,12H2/t8-,9-/m1/s1. The van der Waals surface area contributed by atoms with Gasteiger partial charge in [0, 0.05) is 22.8 Å². The van der Waals surface area contributed by atoms with Crippen molar-refractivity contribution in [3.8, 4) is 5.88 Å². The monoisotopic (exact) mass is 256 g/mol. The number of ether oxygens (including phenoxy) is 1. The van der Waals surface area contributed by atoms with E-state index >= 15 is 0 Å². The highest BCUT2D eigenvalue weighted by atomic mass is 79.9. The van der Waals surface area contributed by atoms with Gasteiger partial charge < -0.3 is 10.5 Å². The minimum atomic E-state index is 0.142. The molecular formula is C10H13BrN2O. The van der Waals surface area contributed by atoms with Gasteiger partial charge in [-0.2, -0.15) is 0 Å². The van der Waals surface area contributed by atoms with Crippen molar-refractivity contribution in [1.29, 1.82) is 0 Å². The van der Waals surface area contributed by atoms with Crippen LogP contribution >= 0.6 is 15.9 Å². The van der Waals surface area contributed by atoms with Gasteiger partial charge in [-0.1, -0.05) is 0 Å². The maximum absolute atomic E-state index is 5.89. The molecule has 2 rings (SSSR count). The molecule has 0 saturated heterocycles. The van der Waals surface area contributed by atoms with Crippen LogP contribution in [0.5, 0.6) is 5.88 Å². The van der Waals surface area contributed by atoms with Crippen LogP contribution in [0.4, 0.5) is 0 Å². The van der Waals surface area contributed by atoms with E-state index in [-0.39, 0.29) is 12.1 Å². The molecule has 14 heavy (non-hydrogen) atoms. The second-order valence-electron chi connectivity index (χ2n) is 3.57. The van der Waals surface area contributed by atoms with E-state index in [2.05, 4.69) is 20.9 Å². The molecule has 0 unspecified atom stereocenters. The number of rotatable bonds is 2. The molecule has 0 aromatic carbocycles. The van der Waals surface area contributed by atoms with Crippen LogP contribution in [-0.4, -0.2) is 17.1 Å². The minimum Gasteiger partial charge on any atom is -0.473 e. The fraction of sp³-hybridized carbons (Fsp3) is 0.500. The highest BCUT2D eigenvalue weighted by molar-refractivity contribution is 9.10. The SMILES string of the molecule is N[C@@H]1CCC[C@H]1Oc1ccc(Br)cn1. The van der Waals surface area contributed by atoms with E-state index in [1.807, 2.05) is 12.1 Å². The van der Waals surface area contributed by atoms with Crippen LogP contribution in [0.1, 0.15) is 19.3 Å². The van der Waals surface area contributed by atoms with Crippen molar-refractivity contribution in [2.24, 2.45) is 5.73 Å². The number of nitrogens with zero attached hydrogens (tertiary/aromatic N) is 1. The van der Waals surface area contributed by atoms with E-state index in [0.29, 0.717) is 5.88 Å². The Bertz CT molecular complexity index is 301. The van der Waals surface area contributed by atoms with Gasteiger partial charge in [0.2, 0.25) is 5.88 Å². The second-order valence-corrected chi connectivity index (χ2v) is 4.48. The molecule has 1 heterocycles. The van der Waals surface area contributed by atoms with Crippen molar-refractivity contribution < 1.29 is 4.74 Å². The third-order valence-electron chi connectivity index (χ3n) is 2.48. The number of hydrogen-bond donors (Lipinski definition) is 1. The zero-order valence-electron chi connectivity index (χ0n) is 7.82. The first-order valence-corrected chi connectivity index (χ1v) is 5.59. The van der Waals surface area contributed by atoms with Crippen molar-refractivity contribution in [3.05, 3.63) is 22.8 Å². The lowest BCUT2D eigenvalue weighted by atomic mass is 10.2. The number of hydrogen-bond acceptors (Lipinski definition) is 3. The van der Waals surface area contributed by atoms with Crippen molar-refractivity contribution in [2.75, 3.05) is 0 Å². The van der Waals surface area contributed by atoms with Crippen LogP contribution in [0.3, 0.4) is 0 Å². The maximum Gasteiger partial charge on any atom is 0.213 e. The molecule has 2 atom stereocenters. The van der Waals surface area contributed by atoms with Crippen molar-refractivity contribution >= 4 is 15.9 Å². The average molecular weight is 257 g/mol. The van der Waals surface area contributed by atoms with Gasteiger partial charge in [0.1, 0.15) is 6.10 Å². The van der Waals surface area contributed by atoms with E-state index in [1.165, 1.54) is 0 Å². The summed E-state index contributed by atoms with van der Waals surface area (Å²) in [6.45, 7) is 0. The van der Waals surface area contributed by atoms with E-state index < -0.39 is 0 Å². The number of aromatic nitrogens is 1.